The molecule has 1 N–H and O–H groups in total. The molecule has 0 aliphatic heterocycles. The molecule has 3 heteroatoms. The van der Waals surface area contributed by atoms with Crippen molar-refractivity contribution in [2.24, 2.45) is 11.8 Å². The summed E-state index contributed by atoms with van der Waals surface area (Å²) in [6, 6.07) is 0.487. The normalized spacial score (nSPS) is 32.9. The average Bonchev–Trinajstić information content (AvgIpc) is 2.25. The van der Waals surface area contributed by atoms with Crippen LogP contribution in [-0.4, -0.2) is 28.3 Å². The van der Waals surface area contributed by atoms with Crippen LogP contribution in [0, 0.1) is 11.8 Å². The molecule has 0 radical (unpaired) electrons. The van der Waals surface area contributed by atoms with Gasteiger partial charge in [0.05, 0.1) is 5.25 Å². The zero-order chi connectivity index (χ0) is 12.1. The lowest BCUT2D eigenvalue weighted by atomic mass is 9.79. The van der Waals surface area contributed by atoms with E-state index in [0.29, 0.717) is 11.3 Å². The third-order valence-electron chi connectivity index (χ3n) is 3.86. The predicted molar refractivity (Wildman–Crippen MR) is 72.1 cm³/mol. The summed E-state index contributed by atoms with van der Waals surface area (Å²) in [6.07, 6.45) is 6.67. The fourth-order valence-corrected chi connectivity index (χ4v) is 3.91. The Morgan fingerprint density at radius 2 is 2.06 bits per heavy atom. The highest BCUT2D eigenvalue weighted by atomic mass is 32.2. The lowest BCUT2D eigenvalue weighted by Gasteiger charge is -2.37. The van der Waals surface area contributed by atoms with Gasteiger partial charge in [0.2, 0.25) is 0 Å². The largest absolute Gasteiger partial charge is 0.313 e. The van der Waals surface area contributed by atoms with Crippen LogP contribution in [0.5, 0.6) is 0 Å². The fraction of sp³-hybridized carbons (Fsp3) is 1.00. The van der Waals surface area contributed by atoms with Crippen LogP contribution in [0.25, 0.3) is 0 Å². The third-order valence-corrected chi connectivity index (χ3v) is 5.23. The van der Waals surface area contributed by atoms with E-state index in [9.17, 15) is 4.21 Å². The summed E-state index contributed by atoms with van der Waals surface area (Å²) in [5.74, 6) is 1.51. The minimum absolute atomic E-state index is 0.368. The van der Waals surface area contributed by atoms with Gasteiger partial charge in [-0.3, -0.25) is 4.21 Å². The van der Waals surface area contributed by atoms with E-state index in [1.165, 1.54) is 12.8 Å². The maximum absolute atomic E-state index is 11.8. The summed E-state index contributed by atoms with van der Waals surface area (Å²) >= 11 is 0. The summed E-state index contributed by atoms with van der Waals surface area (Å²) < 4.78 is 11.8. The van der Waals surface area contributed by atoms with Crippen LogP contribution in [0.1, 0.15) is 46.5 Å². The van der Waals surface area contributed by atoms with Crippen LogP contribution < -0.4 is 5.32 Å². The molecule has 1 aliphatic carbocycles. The Bertz CT molecular complexity index is 230. The van der Waals surface area contributed by atoms with Gasteiger partial charge in [-0.1, -0.05) is 20.8 Å². The highest BCUT2D eigenvalue weighted by molar-refractivity contribution is 7.85. The van der Waals surface area contributed by atoms with E-state index in [0.717, 1.165) is 31.2 Å². The van der Waals surface area contributed by atoms with Crippen LogP contribution in [0.3, 0.4) is 0 Å². The van der Waals surface area contributed by atoms with Crippen LogP contribution in [0.4, 0.5) is 0 Å². The van der Waals surface area contributed by atoms with Crippen molar-refractivity contribution < 1.29 is 4.21 Å². The standard InChI is InChI=1S/C13H27NOS/c1-5-8-14-12-7-6-11(10(2)3)9-13(12)16(4)15/h10-14H,5-9H2,1-4H3. The Kier molecular flexibility index (Phi) is 5.98. The van der Waals surface area contributed by atoms with Crippen LogP contribution in [-0.2, 0) is 10.8 Å². The third kappa shape index (κ3) is 3.85. The lowest BCUT2D eigenvalue weighted by molar-refractivity contribution is 0.244. The Balaban J connectivity index is 2.56. The highest BCUT2D eigenvalue weighted by Crippen LogP contribution is 2.32. The predicted octanol–water partition coefficient (Wildman–Crippen LogP) is 2.56. The maximum atomic E-state index is 11.8. The Morgan fingerprint density at radius 3 is 2.56 bits per heavy atom. The van der Waals surface area contributed by atoms with Crippen molar-refractivity contribution in [2.45, 2.75) is 57.7 Å². The molecule has 0 bridgehead atoms. The summed E-state index contributed by atoms with van der Waals surface area (Å²) in [5, 5.41) is 3.94. The topological polar surface area (TPSA) is 29.1 Å². The first-order chi connectivity index (χ1) is 7.56. The van der Waals surface area contributed by atoms with Crippen molar-refractivity contribution in [3.05, 3.63) is 0 Å². The molecule has 0 spiro atoms. The van der Waals surface area contributed by atoms with Gasteiger partial charge in [-0.15, -0.1) is 0 Å². The monoisotopic (exact) mass is 245 g/mol. The van der Waals surface area contributed by atoms with Gasteiger partial charge in [-0.2, -0.15) is 0 Å². The van der Waals surface area contributed by atoms with Crippen molar-refractivity contribution in [1.29, 1.82) is 0 Å². The zero-order valence-corrected chi connectivity index (χ0v) is 12.0. The second-order valence-corrected chi connectivity index (χ2v) is 7.02. The molecule has 1 aliphatic rings. The molecule has 2 nitrogen and oxygen atoms in total. The molecule has 4 unspecified atom stereocenters. The number of hydrogen-bond acceptors (Lipinski definition) is 2. The summed E-state index contributed by atoms with van der Waals surface area (Å²) in [4.78, 5) is 0. The number of nitrogens with one attached hydrogen (secondary N) is 1. The van der Waals surface area contributed by atoms with Crippen LogP contribution in [0.15, 0.2) is 0 Å². The van der Waals surface area contributed by atoms with Gasteiger partial charge in [0.15, 0.2) is 0 Å². The van der Waals surface area contributed by atoms with E-state index in [-0.39, 0.29) is 0 Å². The molecule has 0 heterocycles. The molecule has 1 saturated carbocycles. The molecule has 1 fully saturated rings. The first-order valence-electron chi connectivity index (χ1n) is 6.61. The van der Waals surface area contributed by atoms with E-state index in [1.54, 1.807) is 0 Å². The first kappa shape index (κ1) is 14.2. The molecular weight excluding hydrogens is 218 g/mol. The molecule has 0 aromatic heterocycles. The summed E-state index contributed by atoms with van der Waals surface area (Å²) in [6.45, 7) is 7.83. The van der Waals surface area contributed by atoms with Crippen LogP contribution in [0.2, 0.25) is 0 Å². The molecule has 4 atom stereocenters. The Morgan fingerprint density at radius 1 is 1.38 bits per heavy atom. The van der Waals surface area contributed by atoms with Gasteiger partial charge < -0.3 is 5.32 Å². The molecule has 0 aromatic carbocycles. The minimum atomic E-state index is -0.685. The van der Waals surface area contributed by atoms with Gasteiger partial charge in [0, 0.05) is 23.1 Å². The Labute approximate surface area is 103 Å². The van der Waals surface area contributed by atoms with Gasteiger partial charge >= 0.3 is 0 Å². The second-order valence-electron chi connectivity index (χ2n) is 5.41. The zero-order valence-electron chi connectivity index (χ0n) is 11.2. The fourth-order valence-electron chi connectivity index (χ4n) is 2.70. The SMILES string of the molecule is CCCNC1CCC(C(C)C)CC1S(C)=O. The van der Waals surface area contributed by atoms with Crippen molar-refractivity contribution in [3.63, 3.8) is 0 Å². The summed E-state index contributed by atoms with van der Waals surface area (Å²) in [5.41, 5.74) is 0. The highest BCUT2D eigenvalue weighted by Gasteiger charge is 2.33. The van der Waals surface area contributed by atoms with Crippen molar-refractivity contribution in [3.8, 4) is 0 Å². The molecular formula is C13H27NOS. The number of rotatable bonds is 5. The molecule has 1 rings (SSSR count). The van der Waals surface area contributed by atoms with E-state index >= 15 is 0 Å². The molecule has 0 aromatic rings. The van der Waals surface area contributed by atoms with Crippen molar-refractivity contribution >= 4 is 10.8 Å². The van der Waals surface area contributed by atoms with E-state index < -0.39 is 10.8 Å². The quantitative estimate of drug-likeness (QED) is 0.806. The molecule has 96 valence electrons. The van der Waals surface area contributed by atoms with Gasteiger partial charge in [0.1, 0.15) is 0 Å². The summed E-state index contributed by atoms with van der Waals surface area (Å²) in [7, 11) is -0.685. The Hall–Kier alpha value is 0.110. The molecule has 0 saturated heterocycles. The van der Waals surface area contributed by atoms with Gasteiger partial charge in [-0.25, -0.2) is 0 Å². The maximum Gasteiger partial charge on any atom is 0.0501 e. The van der Waals surface area contributed by atoms with Crippen molar-refractivity contribution in [1.82, 2.24) is 5.32 Å². The minimum Gasteiger partial charge on any atom is -0.313 e. The molecule has 0 amide bonds. The lowest BCUT2D eigenvalue weighted by Crippen LogP contribution is -2.47. The van der Waals surface area contributed by atoms with E-state index in [1.807, 2.05) is 6.26 Å². The molecule has 16 heavy (non-hydrogen) atoms. The van der Waals surface area contributed by atoms with Crippen molar-refractivity contribution in [2.75, 3.05) is 12.8 Å². The first-order valence-corrected chi connectivity index (χ1v) is 8.24. The smallest absolute Gasteiger partial charge is 0.0501 e. The van der Waals surface area contributed by atoms with Gasteiger partial charge in [-0.05, 0) is 44.1 Å². The van der Waals surface area contributed by atoms with E-state index in [2.05, 4.69) is 26.1 Å². The van der Waals surface area contributed by atoms with E-state index in [4.69, 9.17) is 0 Å². The second kappa shape index (κ2) is 6.75. The average molecular weight is 245 g/mol. The van der Waals surface area contributed by atoms with Crippen LogP contribution >= 0.6 is 0 Å². The number of hydrogen-bond donors (Lipinski definition) is 1. The van der Waals surface area contributed by atoms with Gasteiger partial charge in [0.25, 0.3) is 0 Å².